The summed E-state index contributed by atoms with van der Waals surface area (Å²) in [6, 6.07) is 8.02. The number of carbonyl (C=O) groups excluding carboxylic acids is 1. The van der Waals surface area contributed by atoms with Gasteiger partial charge in [0.2, 0.25) is 0 Å². The Morgan fingerprint density at radius 1 is 1.40 bits per heavy atom. The number of ether oxygens (including phenoxy) is 1. The topological polar surface area (TPSA) is 26.3 Å². The van der Waals surface area contributed by atoms with Gasteiger partial charge >= 0.3 is 5.97 Å². The first-order chi connectivity index (χ1) is 7.24. The Bertz CT molecular complexity index is 358. The van der Waals surface area contributed by atoms with Gasteiger partial charge in [-0.2, -0.15) is 0 Å². The van der Waals surface area contributed by atoms with Crippen molar-refractivity contribution in [1.82, 2.24) is 0 Å². The summed E-state index contributed by atoms with van der Waals surface area (Å²) in [7, 11) is 1.39. The summed E-state index contributed by atoms with van der Waals surface area (Å²) in [5.74, 6) is -0.210. The lowest BCUT2D eigenvalue weighted by Gasteiger charge is -1.99. The number of allylic oxidation sites excluding steroid dienone is 1. The molecule has 0 aliphatic heterocycles. The number of halogens is 1. The minimum absolute atomic E-state index is 0.210. The number of hydrogen-bond acceptors (Lipinski definition) is 2. The van der Waals surface area contributed by atoms with Gasteiger partial charge < -0.3 is 4.74 Å². The fraction of sp³-hybridized carbons (Fsp3) is 0.250. The van der Waals surface area contributed by atoms with Crippen LogP contribution in [0.15, 0.2) is 40.9 Å². The van der Waals surface area contributed by atoms with Crippen LogP contribution in [0.1, 0.15) is 12.0 Å². The van der Waals surface area contributed by atoms with E-state index in [0.29, 0.717) is 6.42 Å². The predicted molar refractivity (Wildman–Crippen MR) is 63.6 cm³/mol. The van der Waals surface area contributed by atoms with Crippen molar-refractivity contribution in [3.63, 3.8) is 0 Å². The zero-order chi connectivity index (χ0) is 11.1. The Hall–Kier alpha value is -1.09. The van der Waals surface area contributed by atoms with E-state index in [2.05, 4.69) is 20.7 Å². The van der Waals surface area contributed by atoms with E-state index >= 15 is 0 Å². The van der Waals surface area contributed by atoms with E-state index < -0.39 is 0 Å². The summed E-state index contributed by atoms with van der Waals surface area (Å²) in [6.45, 7) is 0. The molecule has 0 radical (unpaired) electrons. The summed E-state index contributed by atoms with van der Waals surface area (Å²) < 4.78 is 5.62. The number of esters is 1. The van der Waals surface area contributed by atoms with Crippen LogP contribution in [-0.4, -0.2) is 13.1 Å². The van der Waals surface area contributed by atoms with Crippen LogP contribution in [0.5, 0.6) is 0 Å². The van der Waals surface area contributed by atoms with Gasteiger partial charge in [0.1, 0.15) is 0 Å². The molecule has 1 aromatic carbocycles. The van der Waals surface area contributed by atoms with Gasteiger partial charge in [-0.05, 0) is 18.1 Å². The lowest BCUT2D eigenvalue weighted by Crippen LogP contribution is -1.96. The Morgan fingerprint density at radius 3 is 2.80 bits per heavy atom. The van der Waals surface area contributed by atoms with Gasteiger partial charge in [0.05, 0.1) is 13.5 Å². The summed E-state index contributed by atoms with van der Waals surface area (Å²) in [6.07, 6.45) is 4.95. The van der Waals surface area contributed by atoms with E-state index in [4.69, 9.17) is 0 Å². The lowest BCUT2D eigenvalue weighted by atomic mass is 10.1. The summed E-state index contributed by atoms with van der Waals surface area (Å²) in [4.78, 5) is 10.8. The Kier molecular flexibility index (Phi) is 5.12. The van der Waals surface area contributed by atoms with Crippen LogP contribution in [0.25, 0.3) is 0 Å². The van der Waals surface area contributed by atoms with Crippen molar-refractivity contribution in [3.05, 3.63) is 46.5 Å². The van der Waals surface area contributed by atoms with E-state index in [-0.39, 0.29) is 5.97 Å². The van der Waals surface area contributed by atoms with Crippen LogP contribution < -0.4 is 0 Å². The Morgan fingerprint density at radius 2 is 2.13 bits per heavy atom. The molecule has 15 heavy (non-hydrogen) atoms. The third-order valence-corrected chi connectivity index (χ3v) is 2.75. The molecule has 0 unspecified atom stereocenters. The van der Waals surface area contributed by atoms with Crippen molar-refractivity contribution in [1.29, 1.82) is 0 Å². The molecule has 0 bridgehead atoms. The van der Waals surface area contributed by atoms with Crippen LogP contribution >= 0.6 is 15.9 Å². The van der Waals surface area contributed by atoms with Gasteiger partial charge in [-0.25, -0.2) is 0 Å². The third kappa shape index (κ3) is 4.30. The number of hydrogen-bond donors (Lipinski definition) is 0. The first kappa shape index (κ1) is 12.0. The molecule has 0 N–H and O–H groups in total. The highest BCUT2D eigenvalue weighted by Crippen LogP contribution is 2.16. The van der Waals surface area contributed by atoms with E-state index in [1.54, 1.807) is 0 Å². The van der Waals surface area contributed by atoms with E-state index in [9.17, 15) is 4.79 Å². The van der Waals surface area contributed by atoms with Crippen LogP contribution in [0, 0.1) is 0 Å². The molecule has 0 fully saturated rings. The van der Waals surface area contributed by atoms with Crippen molar-refractivity contribution in [2.45, 2.75) is 12.8 Å². The maximum atomic E-state index is 10.8. The first-order valence-electron chi connectivity index (χ1n) is 4.69. The van der Waals surface area contributed by atoms with Crippen molar-refractivity contribution >= 4 is 21.9 Å². The number of methoxy groups -OCH3 is 1. The molecule has 0 spiro atoms. The second-order valence-corrected chi connectivity index (χ2v) is 3.90. The molecule has 1 aromatic rings. The predicted octanol–water partition coefficient (Wildman–Crippen LogP) is 3.11. The third-order valence-electron chi connectivity index (χ3n) is 1.97. The summed E-state index contributed by atoms with van der Waals surface area (Å²) >= 11 is 3.47. The molecule has 0 heterocycles. The molecule has 0 aromatic heterocycles. The maximum absolute atomic E-state index is 10.8. The quantitative estimate of drug-likeness (QED) is 0.620. The average Bonchev–Trinajstić information content (AvgIpc) is 2.26. The molecule has 1 rings (SSSR count). The van der Waals surface area contributed by atoms with Crippen molar-refractivity contribution in [3.8, 4) is 0 Å². The second-order valence-electron chi connectivity index (χ2n) is 3.05. The van der Waals surface area contributed by atoms with E-state index in [1.165, 1.54) is 12.7 Å². The van der Waals surface area contributed by atoms with Crippen LogP contribution in [0.4, 0.5) is 0 Å². The zero-order valence-corrected chi connectivity index (χ0v) is 10.2. The standard InChI is InChI=1S/C12H13BrO2/c1-15-12(14)9-5-3-7-10-6-2-4-8-11(10)13/h2-6,8H,7,9H2,1H3/b5-3-. The smallest absolute Gasteiger partial charge is 0.309 e. The lowest BCUT2D eigenvalue weighted by molar-refractivity contribution is -0.139. The summed E-state index contributed by atoms with van der Waals surface area (Å²) in [5, 5.41) is 0. The maximum Gasteiger partial charge on any atom is 0.309 e. The van der Waals surface area contributed by atoms with Gasteiger partial charge in [0, 0.05) is 4.47 Å². The minimum atomic E-state index is -0.210. The van der Waals surface area contributed by atoms with Crippen LogP contribution in [0.3, 0.4) is 0 Å². The SMILES string of the molecule is COC(=O)C/C=C\Cc1ccccc1Br. The monoisotopic (exact) mass is 268 g/mol. The highest BCUT2D eigenvalue weighted by atomic mass is 79.9. The van der Waals surface area contributed by atoms with Gasteiger partial charge in [-0.1, -0.05) is 46.3 Å². The Labute approximate surface area is 98.1 Å². The highest BCUT2D eigenvalue weighted by Gasteiger charge is 1.96. The minimum Gasteiger partial charge on any atom is -0.469 e. The number of rotatable bonds is 4. The number of carbonyl (C=O) groups is 1. The van der Waals surface area contributed by atoms with Gasteiger partial charge in [-0.3, -0.25) is 4.79 Å². The largest absolute Gasteiger partial charge is 0.469 e. The molecular weight excluding hydrogens is 256 g/mol. The molecule has 0 atom stereocenters. The fourth-order valence-corrected chi connectivity index (χ4v) is 1.58. The van der Waals surface area contributed by atoms with Crippen LogP contribution in [-0.2, 0) is 16.0 Å². The fourth-order valence-electron chi connectivity index (χ4n) is 1.14. The van der Waals surface area contributed by atoms with Crippen molar-refractivity contribution < 1.29 is 9.53 Å². The molecule has 0 saturated carbocycles. The second kappa shape index (κ2) is 6.40. The molecule has 80 valence electrons. The Balaban J connectivity index is 2.44. The molecule has 0 aliphatic carbocycles. The molecular formula is C12H13BrO2. The molecule has 2 nitrogen and oxygen atoms in total. The molecule has 0 amide bonds. The molecule has 0 aliphatic rings. The summed E-state index contributed by atoms with van der Waals surface area (Å²) in [5.41, 5.74) is 1.21. The average molecular weight is 269 g/mol. The van der Waals surface area contributed by atoms with E-state index in [1.807, 2.05) is 36.4 Å². The van der Waals surface area contributed by atoms with Crippen molar-refractivity contribution in [2.75, 3.05) is 7.11 Å². The van der Waals surface area contributed by atoms with Gasteiger partial charge in [0.15, 0.2) is 0 Å². The van der Waals surface area contributed by atoms with Crippen LogP contribution in [0.2, 0.25) is 0 Å². The highest BCUT2D eigenvalue weighted by molar-refractivity contribution is 9.10. The van der Waals surface area contributed by atoms with Gasteiger partial charge in [-0.15, -0.1) is 0 Å². The molecule has 3 heteroatoms. The number of benzene rings is 1. The molecule has 0 saturated heterocycles. The normalized spacial score (nSPS) is 10.5. The zero-order valence-electron chi connectivity index (χ0n) is 8.57. The first-order valence-corrected chi connectivity index (χ1v) is 5.48. The van der Waals surface area contributed by atoms with Gasteiger partial charge in [0.25, 0.3) is 0 Å². The van der Waals surface area contributed by atoms with Crippen molar-refractivity contribution in [2.24, 2.45) is 0 Å². The van der Waals surface area contributed by atoms with E-state index in [0.717, 1.165) is 10.9 Å².